The van der Waals surface area contributed by atoms with Crippen LogP contribution in [-0.2, 0) is 11.2 Å². The Labute approximate surface area is 148 Å². The molecule has 4 nitrogen and oxygen atoms in total. The molecule has 0 unspecified atom stereocenters. The van der Waals surface area contributed by atoms with Gasteiger partial charge in [-0.25, -0.2) is 9.18 Å². The molecule has 0 amide bonds. The molecule has 0 spiro atoms. The predicted octanol–water partition coefficient (Wildman–Crippen LogP) is 4.62. The number of aromatic nitrogens is 2. The molecule has 1 aromatic heterocycles. The molecule has 3 rings (SSSR count). The summed E-state index contributed by atoms with van der Waals surface area (Å²) >= 11 is 10.5. The van der Waals surface area contributed by atoms with Crippen LogP contribution in [-0.4, -0.2) is 22.7 Å². The number of carbonyl (C=O) groups excluding carboxylic acids is 1. The molecule has 0 atom stereocenters. The van der Waals surface area contributed by atoms with Crippen LogP contribution in [0, 0.1) is 5.82 Å². The zero-order valence-corrected chi connectivity index (χ0v) is 14.9. The van der Waals surface area contributed by atoms with Gasteiger partial charge in [-0.15, -0.1) is 5.10 Å². The van der Waals surface area contributed by atoms with Crippen LogP contribution in [0.4, 0.5) is 4.39 Å². The number of nitrogens with zero attached hydrogens (tertiary/aromatic N) is 2. The van der Waals surface area contributed by atoms with Gasteiger partial charge in [0.2, 0.25) is 0 Å². The van der Waals surface area contributed by atoms with Crippen molar-refractivity contribution in [3.8, 4) is 0 Å². The van der Waals surface area contributed by atoms with Crippen LogP contribution in [0.1, 0.15) is 21.5 Å². The second kappa shape index (κ2) is 6.51. The number of hydrogen-bond donors (Lipinski definition) is 0. The van der Waals surface area contributed by atoms with Gasteiger partial charge in [-0.2, -0.15) is 0 Å². The molecule has 1 heterocycles. The third-order valence-electron chi connectivity index (χ3n) is 3.37. The Bertz CT molecular complexity index is 916. The lowest BCUT2D eigenvalue weighted by Crippen LogP contribution is -2.09. The number of methoxy groups -OCH3 is 1. The molecule has 0 aliphatic carbocycles. The van der Waals surface area contributed by atoms with Crippen molar-refractivity contribution in [2.45, 2.75) is 6.42 Å². The molecule has 0 aliphatic heterocycles. The molecule has 0 saturated carbocycles. The van der Waals surface area contributed by atoms with E-state index in [1.54, 1.807) is 24.3 Å². The summed E-state index contributed by atoms with van der Waals surface area (Å²) in [6.07, 6.45) is 0.149. The molecule has 0 radical (unpaired) electrons. The number of halogens is 3. The molecule has 8 heteroatoms. The molecular formula is C15H9BrClFN2O2S. The SMILES string of the molecule is COC(=O)c1cc2snnc2c(F)c1Cc1ccc(Br)cc1Cl. The van der Waals surface area contributed by atoms with Crippen molar-refractivity contribution in [3.05, 3.63) is 56.3 Å². The molecule has 0 fully saturated rings. The summed E-state index contributed by atoms with van der Waals surface area (Å²) < 4.78 is 24.6. The van der Waals surface area contributed by atoms with Crippen LogP contribution >= 0.6 is 39.1 Å². The van der Waals surface area contributed by atoms with Crippen molar-refractivity contribution >= 4 is 55.2 Å². The highest BCUT2D eigenvalue weighted by Gasteiger charge is 2.22. The van der Waals surface area contributed by atoms with Gasteiger partial charge < -0.3 is 4.74 Å². The van der Waals surface area contributed by atoms with E-state index in [-0.39, 0.29) is 23.1 Å². The Morgan fingerprint density at radius 2 is 2.22 bits per heavy atom. The van der Waals surface area contributed by atoms with Gasteiger partial charge in [0, 0.05) is 21.5 Å². The number of rotatable bonds is 3. The van der Waals surface area contributed by atoms with Crippen molar-refractivity contribution < 1.29 is 13.9 Å². The Balaban J connectivity index is 2.17. The molecule has 2 aromatic carbocycles. The first-order valence-corrected chi connectivity index (χ1v) is 8.41. The highest BCUT2D eigenvalue weighted by Crippen LogP contribution is 2.30. The van der Waals surface area contributed by atoms with Crippen molar-refractivity contribution in [3.63, 3.8) is 0 Å². The quantitative estimate of drug-likeness (QED) is 0.586. The lowest BCUT2D eigenvalue weighted by molar-refractivity contribution is 0.0599. The van der Waals surface area contributed by atoms with E-state index < -0.39 is 11.8 Å². The maximum Gasteiger partial charge on any atom is 0.338 e. The second-order valence-corrected chi connectivity index (χ2v) is 6.85. The molecular weight excluding hydrogens is 407 g/mol. The van der Waals surface area contributed by atoms with Crippen LogP contribution in [0.25, 0.3) is 10.2 Å². The van der Waals surface area contributed by atoms with Gasteiger partial charge in [0.05, 0.1) is 17.4 Å². The van der Waals surface area contributed by atoms with Crippen molar-refractivity contribution in [2.24, 2.45) is 0 Å². The third kappa shape index (κ3) is 3.08. The van der Waals surface area contributed by atoms with Crippen LogP contribution in [0.2, 0.25) is 5.02 Å². The van der Waals surface area contributed by atoms with Gasteiger partial charge >= 0.3 is 5.97 Å². The maximum atomic E-state index is 14.8. The van der Waals surface area contributed by atoms with Crippen molar-refractivity contribution in [1.29, 1.82) is 0 Å². The highest BCUT2D eigenvalue weighted by molar-refractivity contribution is 9.10. The monoisotopic (exact) mass is 414 g/mol. The first-order valence-electron chi connectivity index (χ1n) is 6.47. The van der Waals surface area contributed by atoms with Crippen LogP contribution < -0.4 is 0 Å². The Morgan fingerprint density at radius 3 is 2.91 bits per heavy atom. The Hall–Kier alpha value is -1.57. The van der Waals surface area contributed by atoms with Gasteiger partial charge in [-0.3, -0.25) is 0 Å². The smallest absolute Gasteiger partial charge is 0.338 e. The molecule has 0 N–H and O–H groups in total. The number of carbonyl (C=O) groups is 1. The van der Waals surface area contributed by atoms with Crippen LogP contribution in [0.5, 0.6) is 0 Å². The second-order valence-electron chi connectivity index (χ2n) is 4.74. The Morgan fingerprint density at radius 1 is 1.43 bits per heavy atom. The lowest BCUT2D eigenvalue weighted by atomic mass is 9.98. The van der Waals surface area contributed by atoms with E-state index in [1.807, 2.05) is 0 Å². The Kier molecular flexibility index (Phi) is 4.61. The number of benzene rings is 2. The van der Waals surface area contributed by atoms with E-state index in [9.17, 15) is 9.18 Å². The van der Waals surface area contributed by atoms with Gasteiger partial charge in [-0.05, 0) is 35.3 Å². The van der Waals surface area contributed by atoms with Crippen LogP contribution in [0.15, 0.2) is 28.7 Å². The van der Waals surface area contributed by atoms with Crippen molar-refractivity contribution in [1.82, 2.24) is 9.59 Å². The van der Waals surface area contributed by atoms with Crippen LogP contribution in [0.3, 0.4) is 0 Å². The van der Waals surface area contributed by atoms with E-state index in [0.29, 0.717) is 15.3 Å². The van der Waals surface area contributed by atoms with E-state index >= 15 is 0 Å². The minimum absolute atomic E-state index is 0.144. The summed E-state index contributed by atoms with van der Waals surface area (Å²) in [6, 6.07) is 6.85. The van der Waals surface area contributed by atoms with Gasteiger partial charge in [0.15, 0.2) is 5.82 Å². The minimum Gasteiger partial charge on any atom is -0.465 e. The number of ether oxygens (including phenoxy) is 1. The summed E-state index contributed by atoms with van der Waals surface area (Å²) in [5.74, 6) is -1.18. The van der Waals surface area contributed by atoms with E-state index in [2.05, 4.69) is 25.5 Å². The number of esters is 1. The largest absolute Gasteiger partial charge is 0.465 e. The van der Waals surface area contributed by atoms with E-state index in [4.69, 9.17) is 16.3 Å². The van der Waals surface area contributed by atoms with Crippen molar-refractivity contribution in [2.75, 3.05) is 7.11 Å². The molecule has 0 saturated heterocycles. The zero-order valence-electron chi connectivity index (χ0n) is 11.8. The average molecular weight is 416 g/mol. The summed E-state index contributed by atoms with van der Waals surface area (Å²) in [7, 11) is 1.26. The fourth-order valence-corrected chi connectivity index (χ4v) is 3.58. The molecule has 0 bridgehead atoms. The van der Waals surface area contributed by atoms with Gasteiger partial charge in [-0.1, -0.05) is 38.1 Å². The summed E-state index contributed by atoms with van der Waals surface area (Å²) in [5, 5.41) is 4.26. The summed E-state index contributed by atoms with van der Waals surface area (Å²) in [6.45, 7) is 0. The third-order valence-corrected chi connectivity index (χ3v) is 4.89. The van der Waals surface area contributed by atoms with Gasteiger partial charge in [0.25, 0.3) is 0 Å². The summed E-state index contributed by atoms with van der Waals surface area (Å²) in [5.41, 5.74) is 1.19. The first kappa shape index (κ1) is 16.3. The van der Waals surface area contributed by atoms with Gasteiger partial charge in [0.1, 0.15) is 5.52 Å². The first-order chi connectivity index (χ1) is 11.0. The topological polar surface area (TPSA) is 52.1 Å². The van der Waals surface area contributed by atoms with E-state index in [1.165, 1.54) is 7.11 Å². The maximum absolute atomic E-state index is 14.8. The fourth-order valence-electron chi connectivity index (χ4n) is 2.24. The molecule has 0 aliphatic rings. The average Bonchev–Trinajstić information content (AvgIpc) is 3.00. The highest BCUT2D eigenvalue weighted by atomic mass is 79.9. The number of fused-ring (bicyclic) bond motifs is 1. The summed E-state index contributed by atoms with van der Waals surface area (Å²) in [4.78, 5) is 12.0. The normalized spacial score (nSPS) is 11.0. The number of hydrogen-bond acceptors (Lipinski definition) is 5. The van der Waals surface area contributed by atoms with E-state index in [0.717, 1.165) is 16.0 Å². The lowest BCUT2D eigenvalue weighted by Gasteiger charge is -2.11. The predicted molar refractivity (Wildman–Crippen MR) is 90.7 cm³/mol. The fraction of sp³-hybridized carbons (Fsp3) is 0.133. The zero-order chi connectivity index (χ0) is 16.6. The minimum atomic E-state index is -0.609. The molecule has 3 aromatic rings. The standard InChI is InChI=1S/C15H9BrClFN2O2S/c1-22-15(21)10-6-12-14(19-20-23-12)13(18)9(10)4-7-2-3-8(16)5-11(7)17/h2-3,5-6H,4H2,1H3. The molecule has 118 valence electrons. The molecule has 23 heavy (non-hydrogen) atoms.